The van der Waals surface area contributed by atoms with E-state index in [1.165, 1.54) is 28.2 Å². The van der Waals surface area contributed by atoms with Crippen LogP contribution < -0.4 is 40.0 Å². The molecule has 12 nitrogen and oxygen atoms in total. The minimum absolute atomic E-state index is 0. The molecule has 0 bridgehead atoms. The zero-order chi connectivity index (χ0) is 23.5. The molecule has 1 aromatic heterocycles. The number of hydrogen-bond acceptors (Lipinski definition) is 11. The van der Waals surface area contributed by atoms with Gasteiger partial charge in [-0.2, -0.15) is 0 Å². The van der Waals surface area contributed by atoms with Gasteiger partial charge in [0.25, 0.3) is 18.3 Å². The average Bonchev–Trinajstić information content (AvgIpc) is 3.23. The number of amides is 2. The topological polar surface area (TPSA) is 159 Å². The largest absolute Gasteiger partial charge is 1.00 e. The van der Waals surface area contributed by atoms with E-state index in [2.05, 4.69) is 20.8 Å². The Morgan fingerprint density at radius 3 is 2.74 bits per heavy atom. The molecule has 172 valence electrons. The van der Waals surface area contributed by atoms with Crippen LogP contribution in [0.25, 0.3) is 0 Å². The molecule has 1 N–H and O–H groups in total. The van der Waals surface area contributed by atoms with Gasteiger partial charge in [-0.05, 0) is 16.0 Å². The number of nitrogens with one attached hydrogen (secondary N) is 1. The molecular formula is C19H17N6NaO6S2. The summed E-state index contributed by atoms with van der Waals surface area (Å²) in [6, 6.07) is 7.39. The number of carboxylic acids is 1. The minimum Gasteiger partial charge on any atom is -0.543 e. The molecule has 1 fully saturated rings. The SMILES string of the molecule is Cn1nnnc1SCC1=C(C(=O)[O-])N2C(=O)C(NC(=O)C(OC=O)c3ccccc3)C2SC1.[Na+]. The van der Waals surface area contributed by atoms with Gasteiger partial charge in [0.1, 0.15) is 11.4 Å². The predicted octanol–water partition coefficient (Wildman–Crippen LogP) is -4.38. The van der Waals surface area contributed by atoms with E-state index in [-0.39, 0.29) is 47.5 Å². The summed E-state index contributed by atoms with van der Waals surface area (Å²) >= 11 is 2.55. The summed E-state index contributed by atoms with van der Waals surface area (Å²) in [6.07, 6.45) is -1.23. The third kappa shape index (κ3) is 5.15. The summed E-state index contributed by atoms with van der Waals surface area (Å²) < 4.78 is 6.38. The van der Waals surface area contributed by atoms with Gasteiger partial charge in [0.2, 0.25) is 11.3 Å². The third-order valence-electron chi connectivity index (χ3n) is 5.03. The number of hydrogen-bond donors (Lipinski definition) is 1. The molecule has 1 aromatic carbocycles. The number of aromatic nitrogens is 4. The third-order valence-corrected chi connectivity index (χ3v) is 7.46. The van der Waals surface area contributed by atoms with Crippen molar-refractivity contribution in [3.8, 4) is 0 Å². The molecule has 3 heterocycles. The van der Waals surface area contributed by atoms with E-state index >= 15 is 0 Å². The normalized spacial score (nSPS) is 19.9. The second kappa shape index (κ2) is 11.4. The van der Waals surface area contributed by atoms with Gasteiger partial charge < -0.3 is 20.0 Å². The molecule has 3 atom stereocenters. The van der Waals surface area contributed by atoms with E-state index in [1.807, 2.05) is 0 Å². The maximum absolute atomic E-state index is 12.8. The van der Waals surface area contributed by atoms with Crippen LogP contribution in [0.2, 0.25) is 0 Å². The predicted molar refractivity (Wildman–Crippen MR) is 113 cm³/mol. The van der Waals surface area contributed by atoms with Crippen LogP contribution in [0.15, 0.2) is 46.8 Å². The van der Waals surface area contributed by atoms with E-state index in [9.17, 15) is 24.3 Å². The fourth-order valence-corrected chi connectivity index (χ4v) is 5.82. The van der Waals surface area contributed by atoms with Gasteiger partial charge in [0, 0.05) is 24.1 Å². The molecule has 1 saturated heterocycles. The van der Waals surface area contributed by atoms with Gasteiger partial charge >= 0.3 is 29.6 Å². The summed E-state index contributed by atoms with van der Waals surface area (Å²) in [5.74, 6) is -2.17. The first-order valence-electron chi connectivity index (χ1n) is 9.60. The molecule has 2 aliphatic rings. The van der Waals surface area contributed by atoms with Crippen molar-refractivity contribution in [1.29, 1.82) is 0 Å². The Morgan fingerprint density at radius 2 is 2.12 bits per heavy atom. The van der Waals surface area contributed by atoms with Crippen molar-refractivity contribution in [3.63, 3.8) is 0 Å². The molecule has 2 aromatic rings. The van der Waals surface area contributed by atoms with E-state index < -0.39 is 35.3 Å². The van der Waals surface area contributed by atoms with Gasteiger partial charge in [0.05, 0.1) is 11.7 Å². The number of rotatable bonds is 9. The van der Waals surface area contributed by atoms with Gasteiger partial charge in [-0.25, -0.2) is 4.68 Å². The number of aliphatic carboxylic acids is 1. The maximum atomic E-state index is 12.8. The second-order valence-corrected chi connectivity index (χ2v) is 9.08. The number of ether oxygens (including phenoxy) is 1. The van der Waals surface area contributed by atoms with Gasteiger partial charge in [-0.1, -0.05) is 42.1 Å². The van der Waals surface area contributed by atoms with Crippen molar-refractivity contribution in [3.05, 3.63) is 47.2 Å². The Morgan fingerprint density at radius 1 is 1.38 bits per heavy atom. The summed E-state index contributed by atoms with van der Waals surface area (Å²) in [5.41, 5.74) is 0.726. The Hall–Kier alpha value is -2.39. The van der Waals surface area contributed by atoms with Crippen LogP contribution >= 0.6 is 23.5 Å². The fourth-order valence-electron chi connectivity index (χ4n) is 3.48. The van der Waals surface area contributed by atoms with Gasteiger partial charge in [0.15, 0.2) is 0 Å². The number of benzene rings is 1. The first-order chi connectivity index (χ1) is 15.9. The molecule has 0 spiro atoms. The smallest absolute Gasteiger partial charge is 0.543 e. The van der Waals surface area contributed by atoms with Crippen LogP contribution in [0.1, 0.15) is 11.7 Å². The van der Waals surface area contributed by atoms with E-state index in [1.54, 1.807) is 37.4 Å². The molecule has 0 saturated carbocycles. The summed E-state index contributed by atoms with van der Waals surface area (Å²) in [4.78, 5) is 49.5. The quantitative estimate of drug-likeness (QED) is 0.150. The molecule has 34 heavy (non-hydrogen) atoms. The average molecular weight is 513 g/mol. The number of carbonyl (C=O) groups is 4. The second-order valence-electron chi connectivity index (χ2n) is 7.03. The Labute approximate surface area is 224 Å². The molecule has 0 aliphatic carbocycles. The monoisotopic (exact) mass is 512 g/mol. The van der Waals surface area contributed by atoms with Crippen molar-refractivity contribution < 1.29 is 58.6 Å². The van der Waals surface area contributed by atoms with Crippen LogP contribution in [-0.4, -0.2) is 72.3 Å². The van der Waals surface area contributed by atoms with E-state index in [0.717, 1.165) is 4.90 Å². The first-order valence-corrected chi connectivity index (χ1v) is 11.6. The number of aryl methyl sites for hydroxylation is 1. The van der Waals surface area contributed by atoms with Crippen LogP contribution in [0.3, 0.4) is 0 Å². The van der Waals surface area contributed by atoms with Gasteiger partial charge in [-0.15, -0.1) is 16.9 Å². The van der Waals surface area contributed by atoms with Crippen molar-refractivity contribution in [2.24, 2.45) is 7.05 Å². The summed E-state index contributed by atoms with van der Waals surface area (Å²) in [7, 11) is 1.66. The van der Waals surface area contributed by atoms with Gasteiger partial charge in [-0.3, -0.25) is 19.3 Å². The summed E-state index contributed by atoms with van der Waals surface area (Å²) in [6.45, 7) is 0.162. The minimum atomic E-state index is -1.48. The van der Waals surface area contributed by atoms with Crippen LogP contribution in [-0.2, 0) is 31.0 Å². The number of carboxylic acid groups (broad SMARTS) is 1. The zero-order valence-electron chi connectivity index (χ0n) is 18.1. The Balaban J connectivity index is 0.00000324. The van der Waals surface area contributed by atoms with Crippen LogP contribution in [0, 0.1) is 0 Å². The number of nitrogens with zero attached hydrogens (tertiary/aromatic N) is 5. The zero-order valence-corrected chi connectivity index (χ0v) is 21.7. The van der Waals surface area contributed by atoms with E-state index in [0.29, 0.717) is 22.0 Å². The molecule has 2 amide bonds. The van der Waals surface area contributed by atoms with Crippen molar-refractivity contribution in [1.82, 2.24) is 30.4 Å². The number of carbonyl (C=O) groups excluding carboxylic acids is 4. The molecule has 2 aliphatic heterocycles. The molecule has 3 unspecified atom stereocenters. The van der Waals surface area contributed by atoms with Crippen molar-refractivity contribution in [2.45, 2.75) is 22.7 Å². The first kappa shape index (κ1) is 26.2. The molecule has 4 rings (SSSR count). The number of fused-ring (bicyclic) bond motifs is 1. The number of tetrazole rings is 1. The molecule has 15 heteroatoms. The summed E-state index contributed by atoms with van der Waals surface area (Å²) in [5, 5.41) is 25.4. The molecular weight excluding hydrogens is 495 g/mol. The molecule has 0 radical (unpaired) electrons. The van der Waals surface area contributed by atoms with E-state index in [4.69, 9.17) is 4.74 Å². The van der Waals surface area contributed by atoms with Crippen molar-refractivity contribution in [2.75, 3.05) is 11.5 Å². The number of thioether (sulfide) groups is 2. The maximum Gasteiger partial charge on any atom is 1.00 e. The standard InChI is InChI=1S/C19H18N6O6S2.Na/c1-24-19(21-22-23-24)33-8-11-7-32-17-12(16(28)25(17)13(11)18(29)30)20-15(27)14(31-9-26)10-5-3-2-4-6-10;/h2-6,9,12,14,17H,7-8H2,1H3,(H,20,27)(H,29,30);/q;+1/p-1. The van der Waals surface area contributed by atoms with Crippen LogP contribution in [0.5, 0.6) is 0 Å². The van der Waals surface area contributed by atoms with Crippen LogP contribution in [0.4, 0.5) is 0 Å². The Bertz CT molecular complexity index is 1130. The van der Waals surface area contributed by atoms with Crippen molar-refractivity contribution >= 4 is 47.8 Å². The fraction of sp³-hybridized carbons (Fsp3) is 0.316. The Kier molecular flexibility index (Phi) is 8.76. The number of β-lactam (4-membered cyclic amide) rings is 1.